The van der Waals surface area contributed by atoms with Gasteiger partial charge in [-0.1, -0.05) is 77.4 Å². The standard InChI is InChI=1S/C33H47ClN2O4Si.CHF3O3S/c1-22(2)41(23(3)4,24(5)6)40-30-15-17-35(18-16-30)36-19-14-29(32(36)37)20-28-13-12-27(21-31(28)34)25-8-10-26(11-9-25)33(38)39-7;2-1(3,4)8(5,6)7/h8-13,21-24,29-30H,14-20H2,1-7H3;(H,5,6,7)/t29-;/m0./s1. The van der Waals surface area contributed by atoms with Crippen LogP contribution in [0.1, 0.15) is 76.7 Å². The highest BCUT2D eigenvalue weighted by Crippen LogP contribution is 2.44. The summed E-state index contributed by atoms with van der Waals surface area (Å²) >= 11 is 6.71. The molecule has 0 aliphatic carbocycles. The lowest BCUT2D eigenvalue weighted by molar-refractivity contribution is -0.149. The largest absolute Gasteiger partial charge is 0.522 e. The number of hydrazine groups is 1. The molecule has 0 unspecified atom stereocenters. The van der Waals surface area contributed by atoms with Crippen molar-refractivity contribution in [3.63, 3.8) is 0 Å². The zero-order valence-corrected chi connectivity index (χ0v) is 31.7. The molecule has 2 saturated heterocycles. The van der Waals surface area contributed by atoms with Crippen molar-refractivity contribution in [2.45, 2.75) is 95.5 Å². The van der Waals surface area contributed by atoms with Crippen LogP contribution >= 0.6 is 11.6 Å². The molecule has 2 aliphatic rings. The average Bonchev–Trinajstić information content (AvgIpc) is 3.39. The number of esters is 1. The van der Waals surface area contributed by atoms with Gasteiger partial charge in [-0.25, -0.2) is 9.80 Å². The van der Waals surface area contributed by atoms with Crippen molar-refractivity contribution in [2.24, 2.45) is 5.92 Å². The van der Waals surface area contributed by atoms with Crippen molar-refractivity contribution < 1.29 is 44.9 Å². The van der Waals surface area contributed by atoms with Gasteiger partial charge in [-0.2, -0.15) is 21.6 Å². The van der Waals surface area contributed by atoms with E-state index < -0.39 is 23.9 Å². The van der Waals surface area contributed by atoms with Gasteiger partial charge in [-0.3, -0.25) is 14.4 Å². The molecule has 2 aliphatic heterocycles. The van der Waals surface area contributed by atoms with E-state index in [0.717, 1.165) is 55.6 Å². The van der Waals surface area contributed by atoms with Crippen LogP contribution in [0.15, 0.2) is 42.5 Å². The third-order valence-corrected chi connectivity index (χ3v) is 16.7. The smallest absolute Gasteiger partial charge is 0.465 e. The second-order valence-corrected chi connectivity index (χ2v) is 20.8. The third kappa shape index (κ3) is 9.85. The second-order valence-electron chi connectivity index (χ2n) is 13.5. The first-order valence-electron chi connectivity index (χ1n) is 16.5. The van der Waals surface area contributed by atoms with E-state index in [2.05, 4.69) is 46.6 Å². The fourth-order valence-electron chi connectivity index (χ4n) is 7.17. The highest BCUT2D eigenvalue weighted by molar-refractivity contribution is 7.86. The summed E-state index contributed by atoms with van der Waals surface area (Å²) in [6.07, 6.45) is 3.71. The number of amides is 1. The normalized spacial score (nSPS) is 18.3. The zero-order chi connectivity index (χ0) is 36.9. The minimum absolute atomic E-state index is 0.0606. The molecule has 15 heteroatoms. The number of carbonyl (C=O) groups is 2. The molecule has 49 heavy (non-hydrogen) atoms. The van der Waals surface area contributed by atoms with Gasteiger partial charge in [0.25, 0.3) is 0 Å². The number of halogens is 4. The van der Waals surface area contributed by atoms with Gasteiger partial charge in [0, 0.05) is 36.7 Å². The number of hydrogen-bond donors (Lipinski definition) is 1. The van der Waals surface area contributed by atoms with Gasteiger partial charge >= 0.3 is 21.6 Å². The first-order valence-corrected chi connectivity index (χ1v) is 20.4. The number of ether oxygens (including phenoxy) is 1. The Morgan fingerprint density at radius 1 is 0.939 bits per heavy atom. The Bertz CT molecular complexity index is 1530. The summed E-state index contributed by atoms with van der Waals surface area (Å²) in [6.45, 7) is 16.5. The minimum Gasteiger partial charge on any atom is -0.465 e. The Hall–Kier alpha value is -2.49. The molecule has 0 spiro atoms. The maximum absolute atomic E-state index is 13.5. The van der Waals surface area contributed by atoms with E-state index in [1.165, 1.54) is 7.11 Å². The molecule has 2 fully saturated rings. The lowest BCUT2D eigenvalue weighted by Crippen LogP contribution is -2.54. The lowest BCUT2D eigenvalue weighted by atomic mass is 9.95. The Kier molecular flexibility index (Phi) is 13.9. The maximum atomic E-state index is 13.5. The van der Waals surface area contributed by atoms with Gasteiger partial charge in [0.05, 0.1) is 12.7 Å². The molecule has 2 aromatic rings. The maximum Gasteiger partial charge on any atom is 0.522 e. The predicted molar refractivity (Wildman–Crippen MR) is 186 cm³/mol. The summed E-state index contributed by atoms with van der Waals surface area (Å²) in [5, 5.41) is 4.91. The van der Waals surface area contributed by atoms with Crippen molar-refractivity contribution in [1.82, 2.24) is 10.0 Å². The fraction of sp³-hybridized carbons (Fsp3) is 0.588. The van der Waals surface area contributed by atoms with Gasteiger partial charge in [0.1, 0.15) is 0 Å². The fourth-order valence-corrected chi connectivity index (χ4v) is 13.1. The highest BCUT2D eigenvalue weighted by atomic mass is 35.5. The van der Waals surface area contributed by atoms with Crippen molar-refractivity contribution in [1.29, 1.82) is 0 Å². The summed E-state index contributed by atoms with van der Waals surface area (Å²) in [5.41, 5.74) is -0.357. The number of hydrogen-bond acceptors (Lipinski definition) is 7. The van der Waals surface area contributed by atoms with Crippen LogP contribution in [-0.4, -0.2) is 81.5 Å². The first kappa shape index (κ1) is 40.9. The molecule has 9 nitrogen and oxygen atoms in total. The molecule has 4 rings (SSSR count). The van der Waals surface area contributed by atoms with Crippen LogP contribution in [0.4, 0.5) is 13.2 Å². The number of alkyl halides is 3. The minimum atomic E-state index is -5.84. The van der Waals surface area contributed by atoms with Gasteiger partial charge < -0.3 is 9.16 Å². The molecule has 2 heterocycles. The van der Waals surface area contributed by atoms with Gasteiger partial charge in [-0.05, 0) is 77.2 Å². The van der Waals surface area contributed by atoms with Crippen molar-refractivity contribution >= 4 is 41.9 Å². The molecule has 0 radical (unpaired) electrons. The average molecular weight is 749 g/mol. The summed E-state index contributed by atoms with van der Waals surface area (Å²) in [4.78, 5) is 25.2. The monoisotopic (exact) mass is 748 g/mol. The van der Waals surface area contributed by atoms with E-state index in [4.69, 9.17) is 33.7 Å². The number of benzene rings is 2. The number of methoxy groups -OCH3 is 1. The Morgan fingerprint density at radius 2 is 1.45 bits per heavy atom. The summed E-state index contributed by atoms with van der Waals surface area (Å²) in [5.74, 6) is -0.210. The molecule has 1 amide bonds. The van der Waals surface area contributed by atoms with Crippen LogP contribution in [0, 0.1) is 5.92 Å². The summed E-state index contributed by atoms with van der Waals surface area (Å²) in [6, 6.07) is 13.3. The Balaban J connectivity index is 0.000000723. The highest BCUT2D eigenvalue weighted by Gasteiger charge is 2.47. The Labute approximate surface area is 293 Å². The van der Waals surface area contributed by atoms with Crippen LogP contribution in [0.5, 0.6) is 0 Å². The number of rotatable bonds is 10. The summed E-state index contributed by atoms with van der Waals surface area (Å²) < 4.78 is 69.4. The molecule has 0 bridgehead atoms. The van der Waals surface area contributed by atoms with Crippen molar-refractivity contribution in [2.75, 3.05) is 26.7 Å². The summed E-state index contributed by atoms with van der Waals surface area (Å²) in [7, 11) is -6.37. The number of nitrogens with zero attached hydrogens (tertiary/aromatic N) is 2. The van der Waals surface area contributed by atoms with Gasteiger partial charge in [-0.15, -0.1) is 0 Å². The first-order chi connectivity index (χ1) is 22.7. The molecule has 0 saturated carbocycles. The zero-order valence-electron chi connectivity index (χ0n) is 29.1. The molecular weight excluding hydrogens is 701 g/mol. The van der Waals surface area contributed by atoms with Gasteiger partial charge in [0.15, 0.2) is 0 Å². The topological polar surface area (TPSA) is 113 Å². The molecule has 2 aromatic carbocycles. The van der Waals surface area contributed by atoms with E-state index in [1.54, 1.807) is 12.1 Å². The van der Waals surface area contributed by atoms with E-state index >= 15 is 0 Å². The number of carbonyl (C=O) groups excluding carboxylic acids is 2. The van der Waals surface area contributed by atoms with E-state index in [0.29, 0.717) is 33.6 Å². The number of piperidine rings is 1. The third-order valence-electron chi connectivity index (χ3n) is 9.58. The van der Waals surface area contributed by atoms with Crippen LogP contribution in [0.2, 0.25) is 21.6 Å². The molecule has 274 valence electrons. The molecular formula is C34H48ClF3N2O7SSi. The van der Waals surface area contributed by atoms with E-state index in [1.807, 2.05) is 35.3 Å². The predicted octanol–water partition coefficient (Wildman–Crippen LogP) is 8.15. The lowest BCUT2D eigenvalue weighted by Gasteiger charge is -2.47. The van der Waals surface area contributed by atoms with Crippen LogP contribution in [-0.2, 0) is 30.5 Å². The Morgan fingerprint density at radius 3 is 1.90 bits per heavy atom. The van der Waals surface area contributed by atoms with Crippen molar-refractivity contribution in [3.05, 3.63) is 58.6 Å². The SMILES string of the molecule is COC(=O)c1ccc(-c2ccc(C[C@@H]3CCN(N4CCC(O[Si](C(C)C)(C(C)C)C(C)C)CC4)C3=O)c(Cl)c2)cc1.O=S(=O)(O)C(F)(F)F. The van der Waals surface area contributed by atoms with E-state index in [9.17, 15) is 22.8 Å². The van der Waals surface area contributed by atoms with Crippen molar-refractivity contribution in [3.8, 4) is 11.1 Å². The van der Waals surface area contributed by atoms with Crippen LogP contribution < -0.4 is 0 Å². The van der Waals surface area contributed by atoms with Crippen LogP contribution in [0.25, 0.3) is 11.1 Å². The van der Waals surface area contributed by atoms with Crippen LogP contribution in [0.3, 0.4) is 0 Å². The molecule has 1 atom stereocenters. The molecule has 0 aromatic heterocycles. The quantitative estimate of drug-likeness (QED) is 0.112. The van der Waals surface area contributed by atoms with E-state index in [-0.39, 0.29) is 23.9 Å². The second kappa shape index (κ2) is 16.7. The van der Waals surface area contributed by atoms with Gasteiger partial charge in [0.2, 0.25) is 14.2 Å². The molecule has 1 N–H and O–H groups in total.